The van der Waals surface area contributed by atoms with Crippen LogP contribution < -0.4 is 0 Å². The van der Waals surface area contributed by atoms with E-state index in [0.29, 0.717) is 11.5 Å². The Hall–Kier alpha value is -1.68. The van der Waals surface area contributed by atoms with E-state index >= 15 is 0 Å². The van der Waals surface area contributed by atoms with Crippen LogP contribution >= 0.6 is 11.3 Å². The summed E-state index contributed by atoms with van der Waals surface area (Å²) in [6.45, 7) is 4.30. The van der Waals surface area contributed by atoms with E-state index in [2.05, 4.69) is 24.0 Å². The van der Waals surface area contributed by atoms with E-state index in [-0.39, 0.29) is 5.97 Å². The van der Waals surface area contributed by atoms with Crippen molar-refractivity contribution in [1.29, 1.82) is 0 Å². The first-order chi connectivity index (χ1) is 8.74. The Kier molecular flexibility index (Phi) is 4.10. The second-order valence-electron chi connectivity index (χ2n) is 3.80. The lowest BCUT2D eigenvalue weighted by molar-refractivity contribution is 0.0532. The monoisotopic (exact) mass is 261 g/mol. The summed E-state index contributed by atoms with van der Waals surface area (Å²) in [6, 6.07) is 8.24. The molecule has 2 aromatic rings. The topological polar surface area (TPSA) is 39.2 Å². The highest BCUT2D eigenvalue weighted by molar-refractivity contribution is 7.16. The van der Waals surface area contributed by atoms with Crippen molar-refractivity contribution in [1.82, 2.24) is 4.98 Å². The summed E-state index contributed by atoms with van der Waals surface area (Å²) in [4.78, 5) is 16.3. The van der Waals surface area contributed by atoms with Crippen molar-refractivity contribution in [3.63, 3.8) is 0 Å². The fourth-order valence-corrected chi connectivity index (χ4v) is 2.40. The van der Waals surface area contributed by atoms with Gasteiger partial charge in [0.05, 0.1) is 12.8 Å². The van der Waals surface area contributed by atoms with Crippen LogP contribution in [0, 0.1) is 0 Å². The molecule has 1 aromatic heterocycles. The van der Waals surface area contributed by atoms with E-state index in [1.54, 1.807) is 13.1 Å². The van der Waals surface area contributed by atoms with Crippen molar-refractivity contribution in [3.8, 4) is 10.6 Å². The number of carbonyl (C=O) groups excluding carboxylic acids is 1. The van der Waals surface area contributed by atoms with Gasteiger partial charge in [-0.1, -0.05) is 31.2 Å². The maximum absolute atomic E-state index is 11.5. The smallest absolute Gasteiger partial charge is 0.349 e. The Bertz CT molecular complexity index is 531. The lowest BCUT2D eigenvalue weighted by atomic mass is 10.1. The van der Waals surface area contributed by atoms with Crippen LogP contribution in [-0.2, 0) is 11.2 Å². The van der Waals surface area contributed by atoms with Crippen LogP contribution in [0.4, 0.5) is 0 Å². The van der Waals surface area contributed by atoms with E-state index in [4.69, 9.17) is 4.74 Å². The molecular weight excluding hydrogens is 246 g/mol. The van der Waals surface area contributed by atoms with E-state index < -0.39 is 0 Å². The van der Waals surface area contributed by atoms with Gasteiger partial charge in [-0.15, -0.1) is 11.3 Å². The number of ether oxygens (including phenoxy) is 1. The fourth-order valence-electron chi connectivity index (χ4n) is 1.59. The molecule has 3 nitrogen and oxygen atoms in total. The number of hydrogen-bond donors (Lipinski definition) is 0. The van der Waals surface area contributed by atoms with Gasteiger partial charge in [-0.3, -0.25) is 0 Å². The van der Waals surface area contributed by atoms with Gasteiger partial charge in [0, 0.05) is 5.56 Å². The van der Waals surface area contributed by atoms with Crippen LogP contribution in [0.1, 0.15) is 29.1 Å². The van der Waals surface area contributed by atoms with Gasteiger partial charge >= 0.3 is 5.97 Å². The number of rotatable bonds is 4. The van der Waals surface area contributed by atoms with Crippen LogP contribution in [0.5, 0.6) is 0 Å². The van der Waals surface area contributed by atoms with E-state index in [1.165, 1.54) is 16.9 Å². The normalized spacial score (nSPS) is 10.3. The summed E-state index contributed by atoms with van der Waals surface area (Å²) in [5.41, 5.74) is 2.33. The molecule has 0 aliphatic carbocycles. The summed E-state index contributed by atoms with van der Waals surface area (Å²) in [5, 5.41) is 0.848. The van der Waals surface area contributed by atoms with Crippen molar-refractivity contribution < 1.29 is 9.53 Å². The molecule has 0 N–H and O–H groups in total. The van der Waals surface area contributed by atoms with E-state index in [1.807, 2.05) is 12.1 Å². The van der Waals surface area contributed by atoms with Gasteiger partial charge in [-0.05, 0) is 18.9 Å². The zero-order chi connectivity index (χ0) is 13.0. The second-order valence-corrected chi connectivity index (χ2v) is 4.83. The van der Waals surface area contributed by atoms with Gasteiger partial charge in [-0.2, -0.15) is 0 Å². The maximum Gasteiger partial charge on any atom is 0.349 e. The molecule has 0 saturated heterocycles. The highest BCUT2D eigenvalue weighted by atomic mass is 32.1. The number of carbonyl (C=O) groups is 1. The molecule has 18 heavy (non-hydrogen) atoms. The minimum absolute atomic E-state index is 0.300. The zero-order valence-corrected chi connectivity index (χ0v) is 11.3. The van der Waals surface area contributed by atoms with E-state index in [0.717, 1.165) is 17.0 Å². The van der Waals surface area contributed by atoms with Gasteiger partial charge < -0.3 is 4.74 Å². The summed E-state index contributed by atoms with van der Waals surface area (Å²) >= 11 is 1.36. The fraction of sp³-hybridized carbons (Fsp3) is 0.286. The van der Waals surface area contributed by atoms with Gasteiger partial charge in [0.1, 0.15) is 9.88 Å². The number of thiazole rings is 1. The molecule has 0 aliphatic heterocycles. The van der Waals surface area contributed by atoms with Crippen LogP contribution in [0.25, 0.3) is 10.6 Å². The maximum atomic E-state index is 11.5. The predicted molar refractivity (Wildman–Crippen MR) is 72.9 cm³/mol. The highest BCUT2D eigenvalue weighted by Crippen LogP contribution is 2.25. The third kappa shape index (κ3) is 2.76. The number of aromatic nitrogens is 1. The molecule has 0 radical (unpaired) electrons. The van der Waals surface area contributed by atoms with Gasteiger partial charge in [0.2, 0.25) is 0 Å². The van der Waals surface area contributed by atoms with Crippen LogP contribution in [0.2, 0.25) is 0 Å². The summed E-state index contributed by atoms with van der Waals surface area (Å²) < 4.78 is 4.95. The molecule has 1 heterocycles. The Labute approximate surface area is 110 Å². The van der Waals surface area contributed by atoms with Gasteiger partial charge in [-0.25, -0.2) is 9.78 Å². The molecular formula is C14H15NO2S. The molecule has 0 saturated carbocycles. The molecule has 2 rings (SSSR count). The van der Waals surface area contributed by atoms with Crippen molar-refractivity contribution >= 4 is 17.3 Å². The first-order valence-electron chi connectivity index (χ1n) is 5.96. The van der Waals surface area contributed by atoms with E-state index in [9.17, 15) is 4.79 Å². The first kappa shape index (κ1) is 12.8. The lowest BCUT2D eigenvalue weighted by Gasteiger charge is -1.99. The number of nitrogens with zero attached hydrogens (tertiary/aromatic N) is 1. The Morgan fingerprint density at radius 1 is 1.28 bits per heavy atom. The summed E-state index contributed by atoms with van der Waals surface area (Å²) in [6.07, 6.45) is 2.60. The number of hydrogen-bond acceptors (Lipinski definition) is 4. The van der Waals surface area contributed by atoms with Gasteiger partial charge in [0.25, 0.3) is 0 Å². The van der Waals surface area contributed by atoms with Crippen molar-refractivity contribution in [3.05, 3.63) is 40.9 Å². The minimum Gasteiger partial charge on any atom is -0.462 e. The summed E-state index contributed by atoms with van der Waals surface area (Å²) in [5.74, 6) is -0.300. The average Bonchev–Trinajstić information content (AvgIpc) is 2.89. The van der Waals surface area contributed by atoms with Crippen LogP contribution in [0.15, 0.2) is 30.5 Å². The Morgan fingerprint density at radius 3 is 2.61 bits per heavy atom. The Balaban J connectivity index is 2.20. The quantitative estimate of drug-likeness (QED) is 0.790. The zero-order valence-electron chi connectivity index (χ0n) is 10.5. The van der Waals surface area contributed by atoms with Crippen molar-refractivity contribution in [2.75, 3.05) is 6.61 Å². The number of benzene rings is 1. The molecule has 0 amide bonds. The highest BCUT2D eigenvalue weighted by Gasteiger charge is 2.12. The lowest BCUT2D eigenvalue weighted by Crippen LogP contribution is -2.01. The molecule has 0 aliphatic rings. The standard InChI is InChI=1S/C14H15NO2S/c1-3-10-5-7-11(8-6-10)13-15-9-12(18-13)14(16)17-4-2/h5-9H,3-4H2,1-2H3. The summed E-state index contributed by atoms with van der Waals surface area (Å²) in [7, 11) is 0. The molecule has 0 spiro atoms. The molecule has 1 aromatic carbocycles. The van der Waals surface area contributed by atoms with Crippen LogP contribution in [-0.4, -0.2) is 17.6 Å². The number of aryl methyl sites for hydroxylation is 1. The Morgan fingerprint density at radius 2 is 2.00 bits per heavy atom. The van der Waals surface area contributed by atoms with Crippen molar-refractivity contribution in [2.24, 2.45) is 0 Å². The SMILES string of the molecule is CCOC(=O)c1cnc(-c2ccc(CC)cc2)s1. The van der Waals surface area contributed by atoms with Gasteiger partial charge in [0.15, 0.2) is 0 Å². The molecule has 94 valence electrons. The second kappa shape index (κ2) is 5.78. The molecule has 0 bridgehead atoms. The molecule has 0 atom stereocenters. The first-order valence-corrected chi connectivity index (χ1v) is 6.78. The number of esters is 1. The predicted octanol–water partition coefficient (Wildman–Crippen LogP) is 3.55. The third-order valence-electron chi connectivity index (χ3n) is 2.59. The average molecular weight is 261 g/mol. The molecule has 0 unspecified atom stereocenters. The minimum atomic E-state index is -0.300. The molecule has 0 fully saturated rings. The largest absolute Gasteiger partial charge is 0.462 e. The van der Waals surface area contributed by atoms with Crippen molar-refractivity contribution in [2.45, 2.75) is 20.3 Å². The molecule has 4 heteroatoms. The van der Waals surface area contributed by atoms with Crippen LogP contribution in [0.3, 0.4) is 0 Å². The third-order valence-corrected chi connectivity index (χ3v) is 3.62.